The van der Waals surface area contributed by atoms with Crippen molar-refractivity contribution in [3.8, 4) is 0 Å². The Morgan fingerprint density at radius 1 is 0.806 bits per heavy atom. The molecule has 10 N–H and O–H groups in total. The Morgan fingerprint density at radius 2 is 1.29 bits per heavy atom. The zero-order valence-corrected chi connectivity index (χ0v) is 18.9. The van der Waals surface area contributed by atoms with Crippen LogP contribution in [0.2, 0.25) is 0 Å². The van der Waals surface area contributed by atoms with Crippen LogP contribution in [0.5, 0.6) is 0 Å². The molecule has 0 spiro atoms. The highest BCUT2D eigenvalue weighted by molar-refractivity contribution is 7.80. The number of nitrogens with two attached hydrogens (primary N) is 3. The summed E-state index contributed by atoms with van der Waals surface area (Å²) in [7, 11) is 0. The Balaban J connectivity index is 4.91. The lowest BCUT2D eigenvalue weighted by atomic mass is 10.1. The summed E-state index contributed by atoms with van der Waals surface area (Å²) in [6.45, 7) is 0.481. The maximum atomic E-state index is 12.5. The number of nitrogens with one attached hydrogen (secondary N) is 3. The molecule has 0 aliphatic carbocycles. The molecule has 4 unspecified atom stereocenters. The average Bonchev–Trinajstić information content (AvgIpc) is 2.72. The van der Waals surface area contributed by atoms with Gasteiger partial charge in [-0.3, -0.25) is 19.2 Å². The second-order valence-corrected chi connectivity index (χ2v) is 7.51. The zero-order valence-electron chi connectivity index (χ0n) is 17.1. The van der Waals surface area contributed by atoms with E-state index in [1.54, 1.807) is 0 Å². The van der Waals surface area contributed by atoms with Crippen LogP contribution in [0.4, 0.5) is 0 Å². The van der Waals surface area contributed by atoms with Crippen molar-refractivity contribution in [2.75, 3.05) is 18.1 Å². The molecule has 14 heteroatoms. The summed E-state index contributed by atoms with van der Waals surface area (Å²) in [6, 6.07) is -4.46. The van der Waals surface area contributed by atoms with Crippen LogP contribution < -0.4 is 33.2 Å². The highest BCUT2D eigenvalue weighted by atomic mass is 32.1. The molecule has 0 aliphatic heterocycles. The maximum absolute atomic E-state index is 12.5. The Labute approximate surface area is 191 Å². The van der Waals surface area contributed by atoms with Crippen molar-refractivity contribution in [3.63, 3.8) is 0 Å². The van der Waals surface area contributed by atoms with Gasteiger partial charge < -0.3 is 38.3 Å². The number of amides is 4. The van der Waals surface area contributed by atoms with E-state index >= 15 is 0 Å². The lowest BCUT2D eigenvalue weighted by Gasteiger charge is -2.23. The van der Waals surface area contributed by atoms with Gasteiger partial charge in [0.15, 0.2) is 0 Å². The second-order valence-electron chi connectivity index (χ2n) is 6.78. The van der Waals surface area contributed by atoms with Gasteiger partial charge in [-0.05, 0) is 25.8 Å². The van der Waals surface area contributed by atoms with E-state index in [1.807, 2.05) is 0 Å². The first-order valence-corrected chi connectivity index (χ1v) is 10.9. The third-order valence-electron chi connectivity index (χ3n) is 4.23. The van der Waals surface area contributed by atoms with E-state index in [4.69, 9.17) is 17.2 Å². The van der Waals surface area contributed by atoms with E-state index in [1.165, 1.54) is 0 Å². The molecule has 4 amide bonds. The molecule has 0 fully saturated rings. The molecule has 0 bridgehead atoms. The van der Waals surface area contributed by atoms with Crippen molar-refractivity contribution < 1.29 is 29.1 Å². The Bertz CT molecular complexity index is 638. The topological polar surface area (TPSA) is 220 Å². The molecule has 178 valence electrons. The predicted octanol–water partition coefficient (Wildman–Crippen LogP) is -2.89. The zero-order chi connectivity index (χ0) is 24.0. The van der Waals surface area contributed by atoms with Gasteiger partial charge in [-0.2, -0.15) is 25.3 Å². The number of thiol groups is 2. The molecule has 0 heterocycles. The molecular formula is C17H32N6O6S2. The first-order chi connectivity index (χ1) is 14.6. The molecular weight excluding hydrogens is 448 g/mol. The van der Waals surface area contributed by atoms with Gasteiger partial charge in [-0.25, -0.2) is 4.79 Å². The summed E-state index contributed by atoms with van der Waals surface area (Å²) in [5, 5.41) is 16.3. The molecule has 0 aromatic heterocycles. The van der Waals surface area contributed by atoms with Crippen molar-refractivity contribution in [2.45, 2.75) is 56.3 Å². The van der Waals surface area contributed by atoms with E-state index in [0.717, 1.165) is 0 Å². The number of unbranched alkanes of at least 4 members (excludes halogenated alkanes) is 1. The van der Waals surface area contributed by atoms with E-state index in [2.05, 4.69) is 41.2 Å². The van der Waals surface area contributed by atoms with Crippen LogP contribution in [0.1, 0.15) is 32.1 Å². The van der Waals surface area contributed by atoms with Crippen LogP contribution >= 0.6 is 25.3 Å². The monoisotopic (exact) mass is 480 g/mol. The number of hydrogen-bond donors (Lipinski definition) is 9. The van der Waals surface area contributed by atoms with Gasteiger partial charge in [0.1, 0.15) is 18.1 Å². The molecule has 0 aromatic rings. The Morgan fingerprint density at radius 3 is 1.71 bits per heavy atom. The largest absolute Gasteiger partial charge is 0.480 e. The lowest BCUT2D eigenvalue weighted by molar-refractivity contribution is -0.142. The van der Waals surface area contributed by atoms with Crippen LogP contribution in [-0.4, -0.2) is 76.9 Å². The van der Waals surface area contributed by atoms with Crippen molar-refractivity contribution in [1.82, 2.24) is 16.0 Å². The number of primary amides is 1. The number of carboxylic acids is 1. The van der Waals surface area contributed by atoms with Crippen molar-refractivity contribution in [3.05, 3.63) is 0 Å². The molecule has 31 heavy (non-hydrogen) atoms. The third kappa shape index (κ3) is 11.8. The number of carbonyl (C=O) groups is 5. The predicted molar refractivity (Wildman–Crippen MR) is 120 cm³/mol. The standard InChI is InChI=1S/C17H32N6O6S2/c18-6-2-1-3-9(19)14(25)22-11(7-30)16(27)23-12(8-31)15(26)21-10(17(28)29)4-5-13(20)24/h9-12,30-31H,1-8,18-19H2,(H2,20,24)(H,21,26)(H,22,25)(H,23,27)(H,28,29). The fraction of sp³-hybridized carbons (Fsp3) is 0.706. The molecule has 0 radical (unpaired) electrons. The number of aliphatic carboxylic acids is 1. The fourth-order valence-electron chi connectivity index (χ4n) is 2.40. The Kier molecular flexibility index (Phi) is 14.7. The molecule has 0 aliphatic rings. The molecule has 12 nitrogen and oxygen atoms in total. The number of hydrogen-bond acceptors (Lipinski definition) is 9. The summed E-state index contributed by atoms with van der Waals surface area (Å²) in [4.78, 5) is 59.1. The van der Waals surface area contributed by atoms with Gasteiger partial charge >= 0.3 is 5.97 Å². The minimum Gasteiger partial charge on any atom is -0.480 e. The van der Waals surface area contributed by atoms with Gasteiger partial charge in [0.25, 0.3) is 0 Å². The van der Waals surface area contributed by atoms with Crippen LogP contribution in [0.25, 0.3) is 0 Å². The highest BCUT2D eigenvalue weighted by Gasteiger charge is 2.29. The summed E-state index contributed by atoms with van der Waals surface area (Å²) in [5.74, 6) is -4.36. The Hall–Kier alpha value is -2.03. The van der Waals surface area contributed by atoms with Crippen LogP contribution in [0.15, 0.2) is 0 Å². The number of carbonyl (C=O) groups excluding carboxylic acids is 4. The fourth-order valence-corrected chi connectivity index (χ4v) is 2.91. The van der Waals surface area contributed by atoms with Crippen molar-refractivity contribution in [1.29, 1.82) is 0 Å². The molecule has 4 atom stereocenters. The van der Waals surface area contributed by atoms with E-state index in [0.29, 0.717) is 25.8 Å². The summed E-state index contributed by atoms with van der Waals surface area (Å²) < 4.78 is 0. The number of rotatable bonds is 16. The van der Waals surface area contributed by atoms with Gasteiger partial charge in [-0.15, -0.1) is 0 Å². The summed E-state index contributed by atoms with van der Waals surface area (Å²) in [6.07, 6.45) is 1.32. The van der Waals surface area contributed by atoms with E-state index in [-0.39, 0.29) is 24.3 Å². The molecule has 0 rings (SSSR count). The smallest absolute Gasteiger partial charge is 0.326 e. The second kappa shape index (κ2) is 15.7. The molecule has 0 saturated carbocycles. The van der Waals surface area contributed by atoms with Gasteiger partial charge in [-0.1, -0.05) is 6.42 Å². The van der Waals surface area contributed by atoms with Gasteiger partial charge in [0.05, 0.1) is 6.04 Å². The highest BCUT2D eigenvalue weighted by Crippen LogP contribution is 2.02. The third-order valence-corrected chi connectivity index (χ3v) is 4.96. The van der Waals surface area contributed by atoms with Crippen molar-refractivity contribution in [2.24, 2.45) is 17.2 Å². The number of carboxylic acid groups (broad SMARTS) is 1. The first-order valence-electron chi connectivity index (χ1n) is 9.66. The molecule has 0 aromatic carbocycles. The van der Waals surface area contributed by atoms with E-state index in [9.17, 15) is 29.1 Å². The van der Waals surface area contributed by atoms with Gasteiger partial charge in [0, 0.05) is 17.9 Å². The SMILES string of the molecule is NCCCCC(N)C(=O)NC(CS)C(=O)NC(CS)C(=O)NC(CCC(N)=O)C(=O)O. The quantitative estimate of drug-likeness (QED) is 0.0822. The average molecular weight is 481 g/mol. The minimum absolute atomic E-state index is 0.0651. The summed E-state index contributed by atoms with van der Waals surface area (Å²) in [5.41, 5.74) is 16.2. The van der Waals surface area contributed by atoms with E-state index < -0.39 is 53.8 Å². The van der Waals surface area contributed by atoms with Gasteiger partial charge in [0.2, 0.25) is 23.6 Å². The normalized spacial score (nSPS) is 14.6. The molecule has 0 saturated heterocycles. The van der Waals surface area contributed by atoms with Crippen LogP contribution in [-0.2, 0) is 24.0 Å². The summed E-state index contributed by atoms with van der Waals surface area (Å²) >= 11 is 8.05. The minimum atomic E-state index is -1.37. The maximum Gasteiger partial charge on any atom is 0.326 e. The van der Waals surface area contributed by atoms with Crippen molar-refractivity contribution >= 4 is 54.9 Å². The van der Waals surface area contributed by atoms with Crippen LogP contribution in [0, 0.1) is 0 Å². The van der Waals surface area contributed by atoms with Crippen LogP contribution in [0.3, 0.4) is 0 Å². The lowest BCUT2D eigenvalue weighted by Crippen LogP contribution is -2.58. The first kappa shape index (κ1) is 29.0.